The topological polar surface area (TPSA) is 50.8 Å². The molecule has 5 heteroatoms. The van der Waals surface area contributed by atoms with E-state index in [1.165, 1.54) is 25.9 Å². The monoisotopic (exact) mass is 376 g/mol. The Bertz CT molecular complexity index is 545. The molecule has 1 aromatic rings. The maximum atomic E-state index is 12.8. The second kappa shape index (κ2) is 11.3. The van der Waals surface area contributed by atoms with Gasteiger partial charge < -0.3 is 14.8 Å². The molecule has 0 bridgehead atoms. The third-order valence-electron chi connectivity index (χ3n) is 5.10. The number of unbranched alkanes of at least 4 members (excludes halogenated alkanes) is 1. The lowest BCUT2D eigenvalue weighted by Crippen LogP contribution is -2.43. The zero-order chi connectivity index (χ0) is 19.5. The molecule has 1 aliphatic rings. The van der Waals surface area contributed by atoms with Gasteiger partial charge in [0.1, 0.15) is 18.0 Å². The molecule has 1 aromatic carbocycles. The summed E-state index contributed by atoms with van der Waals surface area (Å²) >= 11 is 0. The lowest BCUT2D eigenvalue weighted by molar-refractivity contribution is -0.140. The second-order valence-corrected chi connectivity index (χ2v) is 7.56. The zero-order valence-corrected chi connectivity index (χ0v) is 17.3. The fraction of sp³-hybridized carbons (Fsp3) is 0.682. The van der Waals surface area contributed by atoms with Gasteiger partial charge in [0.2, 0.25) is 0 Å². The Morgan fingerprint density at radius 1 is 1.11 bits per heavy atom. The summed E-state index contributed by atoms with van der Waals surface area (Å²) in [5.74, 6) is 0.760. The van der Waals surface area contributed by atoms with Crippen molar-refractivity contribution >= 4 is 11.6 Å². The minimum atomic E-state index is -0.781. The molecule has 0 aliphatic carbocycles. The smallest absolute Gasteiger partial charge is 0.256 e. The first kappa shape index (κ1) is 21.7. The summed E-state index contributed by atoms with van der Waals surface area (Å²) in [5.41, 5.74) is -0.00795. The Hall–Kier alpha value is -1.59. The van der Waals surface area contributed by atoms with Gasteiger partial charge in [-0.15, -0.1) is 0 Å². The second-order valence-electron chi connectivity index (χ2n) is 7.56. The Balaban J connectivity index is 1.84. The molecule has 1 heterocycles. The first-order valence-electron chi connectivity index (χ1n) is 10.5. The van der Waals surface area contributed by atoms with E-state index in [2.05, 4.69) is 24.1 Å². The van der Waals surface area contributed by atoms with Crippen LogP contribution in [0.5, 0.6) is 5.75 Å². The van der Waals surface area contributed by atoms with Crippen LogP contribution in [0.3, 0.4) is 0 Å². The molecule has 1 amide bonds. The average Bonchev–Trinajstić information content (AvgIpc) is 3.19. The zero-order valence-electron chi connectivity index (χ0n) is 17.3. The largest absolute Gasteiger partial charge is 0.492 e. The standard InChI is InChI=1S/C22H36N2O3/c1-4-6-13-22(3,27-17-5-2)21(25)23-19-9-11-20(12-10-19)26-18-16-24-14-7-8-15-24/h9-12H,4-8,13-18H2,1-3H3,(H,23,25)/t22-/m1/s1. The highest BCUT2D eigenvalue weighted by molar-refractivity contribution is 5.97. The Labute approximate surface area is 164 Å². The molecular formula is C22H36N2O3. The summed E-state index contributed by atoms with van der Waals surface area (Å²) in [4.78, 5) is 15.2. The molecule has 1 saturated heterocycles. The summed E-state index contributed by atoms with van der Waals surface area (Å²) in [5, 5.41) is 3.00. The van der Waals surface area contributed by atoms with Crippen molar-refractivity contribution in [1.29, 1.82) is 0 Å². The van der Waals surface area contributed by atoms with Crippen LogP contribution in [0.15, 0.2) is 24.3 Å². The van der Waals surface area contributed by atoms with E-state index in [0.29, 0.717) is 13.2 Å². The van der Waals surface area contributed by atoms with E-state index in [9.17, 15) is 4.79 Å². The van der Waals surface area contributed by atoms with Crippen LogP contribution in [0.2, 0.25) is 0 Å². The maximum absolute atomic E-state index is 12.8. The van der Waals surface area contributed by atoms with Crippen LogP contribution in [0.25, 0.3) is 0 Å². The van der Waals surface area contributed by atoms with Crippen LogP contribution in [0.4, 0.5) is 5.69 Å². The number of anilines is 1. The molecule has 0 saturated carbocycles. The van der Waals surface area contributed by atoms with Crippen molar-refractivity contribution in [3.05, 3.63) is 24.3 Å². The van der Waals surface area contributed by atoms with E-state index in [-0.39, 0.29) is 5.91 Å². The summed E-state index contributed by atoms with van der Waals surface area (Å²) < 4.78 is 11.7. The Kier molecular flexibility index (Phi) is 9.08. The fourth-order valence-electron chi connectivity index (χ4n) is 3.29. The molecule has 0 spiro atoms. The molecule has 27 heavy (non-hydrogen) atoms. The normalized spacial score (nSPS) is 16.9. The predicted molar refractivity (Wildman–Crippen MR) is 110 cm³/mol. The van der Waals surface area contributed by atoms with E-state index >= 15 is 0 Å². The first-order valence-corrected chi connectivity index (χ1v) is 10.5. The number of likely N-dealkylation sites (tertiary alicyclic amines) is 1. The number of hydrogen-bond donors (Lipinski definition) is 1. The number of nitrogens with zero attached hydrogens (tertiary/aromatic N) is 1. The van der Waals surface area contributed by atoms with Gasteiger partial charge in [-0.25, -0.2) is 0 Å². The van der Waals surface area contributed by atoms with Crippen LogP contribution in [-0.2, 0) is 9.53 Å². The SMILES string of the molecule is CCCC[C@@](C)(OCCC)C(=O)Nc1ccc(OCCN2CCCC2)cc1. The number of benzene rings is 1. The van der Waals surface area contributed by atoms with Gasteiger partial charge in [0.25, 0.3) is 5.91 Å². The summed E-state index contributed by atoms with van der Waals surface area (Å²) in [6.45, 7) is 10.7. The Morgan fingerprint density at radius 3 is 2.44 bits per heavy atom. The lowest BCUT2D eigenvalue weighted by atomic mass is 9.97. The molecule has 1 fully saturated rings. The van der Waals surface area contributed by atoms with Crippen LogP contribution in [-0.4, -0.2) is 49.3 Å². The molecule has 5 nitrogen and oxygen atoms in total. The van der Waals surface area contributed by atoms with E-state index in [0.717, 1.165) is 43.7 Å². The third kappa shape index (κ3) is 7.15. The number of ether oxygens (including phenoxy) is 2. The highest BCUT2D eigenvalue weighted by Gasteiger charge is 2.33. The van der Waals surface area contributed by atoms with E-state index in [4.69, 9.17) is 9.47 Å². The van der Waals surface area contributed by atoms with Crippen molar-refractivity contribution in [2.24, 2.45) is 0 Å². The highest BCUT2D eigenvalue weighted by atomic mass is 16.5. The molecule has 0 radical (unpaired) electrons. The number of nitrogens with one attached hydrogen (secondary N) is 1. The number of carbonyl (C=O) groups excluding carboxylic acids is 1. The number of hydrogen-bond acceptors (Lipinski definition) is 4. The van der Waals surface area contributed by atoms with Crippen molar-refractivity contribution in [3.8, 4) is 5.75 Å². The molecule has 1 N–H and O–H groups in total. The maximum Gasteiger partial charge on any atom is 0.256 e. The van der Waals surface area contributed by atoms with Gasteiger partial charge in [-0.2, -0.15) is 0 Å². The lowest BCUT2D eigenvalue weighted by Gasteiger charge is -2.28. The van der Waals surface area contributed by atoms with Gasteiger partial charge >= 0.3 is 0 Å². The van der Waals surface area contributed by atoms with Crippen LogP contribution in [0.1, 0.15) is 59.3 Å². The van der Waals surface area contributed by atoms with E-state index < -0.39 is 5.60 Å². The fourth-order valence-corrected chi connectivity index (χ4v) is 3.29. The quantitative estimate of drug-likeness (QED) is 0.584. The highest BCUT2D eigenvalue weighted by Crippen LogP contribution is 2.23. The molecule has 1 aliphatic heterocycles. The van der Waals surface area contributed by atoms with Gasteiger partial charge in [0.05, 0.1) is 0 Å². The van der Waals surface area contributed by atoms with Crippen LogP contribution < -0.4 is 10.1 Å². The van der Waals surface area contributed by atoms with Gasteiger partial charge in [-0.05, 0) is 70.0 Å². The van der Waals surface area contributed by atoms with Crippen molar-refractivity contribution < 1.29 is 14.3 Å². The summed E-state index contributed by atoms with van der Waals surface area (Å²) in [6, 6.07) is 7.61. The molecule has 0 unspecified atom stereocenters. The molecule has 2 rings (SSSR count). The van der Waals surface area contributed by atoms with Gasteiger partial charge in [0, 0.05) is 18.8 Å². The van der Waals surface area contributed by atoms with Crippen molar-refractivity contribution in [3.63, 3.8) is 0 Å². The van der Waals surface area contributed by atoms with E-state index in [1.807, 2.05) is 31.2 Å². The average molecular weight is 377 g/mol. The van der Waals surface area contributed by atoms with Crippen molar-refractivity contribution in [2.75, 3.05) is 38.2 Å². The number of rotatable bonds is 12. The molecular weight excluding hydrogens is 340 g/mol. The van der Waals surface area contributed by atoms with Crippen molar-refractivity contribution in [1.82, 2.24) is 4.90 Å². The summed E-state index contributed by atoms with van der Waals surface area (Å²) in [6.07, 6.45) is 6.24. The van der Waals surface area contributed by atoms with E-state index in [1.54, 1.807) is 0 Å². The third-order valence-corrected chi connectivity index (χ3v) is 5.10. The van der Waals surface area contributed by atoms with Gasteiger partial charge in [-0.3, -0.25) is 9.69 Å². The Morgan fingerprint density at radius 2 is 1.81 bits per heavy atom. The minimum Gasteiger partial charge on any atom is -0.492 e. The number of amides is 1. The van der Waals surface area contributed by atoms with Gasteiger partial charge in [-0.1, -0.05) is 26.7 Å². The first-order chi connectivity index (χ1) is 13.1. The minimum absolute atomic E-state index is 0.0768. The molecule has 152 valence electrons. The predicted octanol–water partition coefficient (Wildman–Crippen LogP) is 4.48. The molecule has 1 atom stereocenters. The summed E-state index contributed by atoms with van der Waals surface area (Å²) in [7, 11) is 0. The van der Waals surface area contributed by atoms with Crippen LogP contribution >= 0.6 is 0 Å². The number of carbonyl (C=O) groups is 1. The van der Waals surface area contributed by atoms with Crippen LogP contribution in [0, 0.1) is 0 Å². The molecule has 0 aromatic heterocycles. The van der Waals surface area contributed by atoms with Gasteiger partial charge in [0.15, 0.2) is 0 Å². The van der Waals surface area contributed by atoms with Crippen molar-refractivity contribution in [2.45, 2.75) is 64.9 Å².